The van der Waals surface area contributed by atoms with Gasteiger partial charge in [-0.1, -0.05) is 113 Å². The first kappa shape index (κ1) is 38.3. The number of rotatable bonds is 5. The maximum Gasteiger partial charge on any atom is 0.137 e. The molecular formula is C52H58N4O. The maximum atomic E-state index is 6.94. The Morgan fingerprint density at radius 3 is 1.74 bits per heavy atom. The van der Waals surface area contributed by atoms with E-state index >= 15 is 0 Å². The topological polar surface area (TPSA) is 33.5 Å². The predicted octanol–water partition coefficient (Wildman–Crippen LogP) is 14.4. The van der Waals surface area contributed by atoms with Crippen molar-refractivity contribution in [1.82, 2.24) is 9.55 Å². The summed E-state index contributed by atoms with van der Waals surface area (Å²) in [5, 5.41) is 2.40. The highest BCUT2D eigenvalue weighted by Gasteiger charge is 2.30. The monoisotopic (exact) mass is 754 g/mol. The molecule has 7 aromatic rings. The number of anilines is 4. The Morgan fingerprint density at radius 2 is 1.07 bits per heavy atom. The number of aromatic nitrogens is 2. The van der Waals surface area contributed by atoms with Crippen LogP contribution < -0.4 is 14.5 Å². The highest BCUT2D eigenvalue weighted by Crippen LogP contribution is 2.47. The minimum Gasteiger partial charge on any atom is -0.457 e. The molecule has 0 unspecified atom stereocenters. The van der Waals surface area contributed by atoms with Crippen molar-refractivity contribution >= 4 is 44.6 Å². The first-order valence-electron chi connectivity index (χ1n) is 20.4. The van der Waals surface area contributed by atoms with Crippen LogP contribution in [0.4, 0.5) is 22.7 Å². The van der Waals surface area contributed by atoms with Gasteiger partial charge in [-0.3, -0.25) is 4.57 Å². The Bertz CT molecular complexity index is 2640. The molecule has 0 bridgehead atoms. The number of nitrogens with zero attached hydrogens (tertiary/aromatic N) is 4. The maximum absolute atomic E-state index is 6.94. The summed E-state index contributed by atoms with van der Waals surface area (Å²) in [6, 6.07) is 42.2. The van der Waals surface area contributed by atoms with Crippen molar-refractivity contribution in [2.24, 2.45) is 0 Å². The molecule has 3 heterocycles. The normalized spacial score (nSPS) is 13.8. The molecule has 5 nitrogen and oxygen atoms in total. The molecule has 0 saturated carbocycles. The Hall–Kier alpha value is -5.55. The molecule has 1 aliphatic rings. The quantitative estimate of drug-likeness (QED) is 0.175. The van der Waals surface area contributed by atoms with Crippen molar-refractivity contribution < 1.29 is 4.74 Å². The second-order valence-electron chi connectivity index (χ2n) is 20.0. The van der Waals surface area contributed by atoms with E-state index in [0.29, 0.717) is 6.67 Å². The third kappa shape index (κ3) is 7.29. The minimum absolute atomic E-state index is 0.0107. The lowest BCUT2D eigenvalue weighted by molar-refractivity contribution is 0.479. The molecule has 292 valence electrons. The zero-order valence-corrected chi connectivity index (χ0v) is 36.0. The van der Waals surface area contributed by atoms with Crippen molar-refractivity contribution in [3.8, 4) is 17.3 Å². The highest BCUT2D eigenvalue weighted by atomic mass is 16.5. The second-order valence-corrected chi connectivity index (χ2v) is 20.0. The summed E-state index contributed by atoms with van der Waals surface area (Å²) < 4.78 is 9.25. The van der Waals surface area contributed by atoms with Crippen LogP contribution in [0, 0.1) is 0 Å². The smallest absolute Gasteiger partial charge is 0.137 e. The SMILES string of the molecule is CC(C)(C)c1cccc(N2CN(c3cc(Oc4ccc5c6cc(C(C)(C)C)ccc6n(-c6cc(C(C)(C)C)ccn6)c5c4)cc(C(C)(C)C)c3)c3ccccc32)c1. The van der Waals surface area contributed by atoms with E-state index in [1.807, 2.05) is 6.20 Å². The second kappa shape index (κ2) is 13.5. The van der Waals surface area contributed by atoms with Gasteiger partial charge in [0.1, 0.15) is 24.0 Å². The summed E-state index contributed by atoms with van der Waals surface area (Å²) in [6.07, 6.45) is 1.94. The number of ether oxygens (including phenoxy) is 1. The first-order chi connectivity index (χ1) is 26.8. The molecule has 0 aliphatic carbocycles. The van der Waals surface area contributed by atoms with Crippen LogP contribution in [0.5, 0.6) is 11.5 Å². The van der Waals surface area contributed by atoms with Gasteiger partial charge >= 0.3 is 0 Å². The lowest BCUT2D eigenvalue weighted by atomic mass is 9.86. The predicted molar refractivity (Wildman–Crippen MR) is 242 cm³/mol. The number of fused-ring (bicyclic) bond motifs is 4. The van der Waals surface area contributed by atoms with Crippen LogP contribution in [0.3, 0.4) is 0 Å². The van der Waals surface area contributed by atoms with E-state index in [4.69, 9.17) is 9.72 Å². The average Bonchev–Trinajstić information content (AvgIpc) is 3.69. The fraction of sp³-hybridized carbons (Fsp3) is 0.327. The van der Waals surface area contributed by atoms with Crippen molar-refractivity contribution in [3.05, 3.63) is 144 Å². The van der Waals surface area contributed by atoms with Crippen molar-refractivity contribution in [2.75, 3.05) is 16.5 Å². The molecule has 0 saturated heterocycles. The van der Waals surface area contributed by atoms with Crippen LogP contribution in [0.15, 0.2) is 121 Å². The number of benzene rings is 5. The molecule has 1 aliphatic heterocycles. The Morgan fingerprint density at radius 1 is 0.456 bits per heavy atom. The number of hydrogen-bond donors (Lipinski definition) is 0. The standard InChI is InChI=1S/C52H58N4O/c1-49(2,3)34-16-15-17-38(26-34)54-33-55(46-19-14-13-18-45(46)54)39-27-37(52(10,11)12)28-41(31-39)57-40-21-22-42-43-29-35(50(4,5)6)20-23-44(43)56(47(42)32-40)48-30-36(24-25-53-48)51(7,8)9/h13-32H,33H2,1-12H3. The lowest BCUT2D eigenvalue weighted by Gasteiger charge is -2.27. The van der Waals surface area contributed by atoms with E-state index in [-0.39, 0.29) is 21.7 Å². The summed E-state index contributed by atoms with van der Waals surface area (Å²) in [4.78, 5) is 9.80. The van der Waals surface area contributed by atoms with Crippen LogP contribution >= 0.6 is 0 Å². The van der Waals surface area contributed by atoms with Crippen LogP contribution in [0.2, 0.25) is 0 Å². The van der Waals surface area contributed by atoms with Gasteiger partial charge in [0.05, 0.1) is 22.4 Å². The molecule has 5 heteroatoms. The molecule has 0 amide bonds. The number of para-hydroxylation sites is 2. The molecule has 0 fully saturated rings. The van der Waals surface area contributed by atoms with Gasteiger partial charge in [0.15, 0.2) is 0 Å². The number of hydrogen-bond acceptors (Lipinski definition) is 4. The molecule has 0 spiro atoms. The first-order valence-corrected chi connectivity index (χ1v) is 20.4. The highest BCUT2D eigenvalue weighted by molar-refractivity contribution is 6.09. The molecule has 0 radical (unpaired) electrons. The van der Waals surface area contributed by atoms with Gasteiger partial charge in [-0.05, 0) is 117 Å². The zero-order chi connectivity index (χ0) is 40.7. The van der Waals surface area contributed by atoms with Crippen molar-refractivity contribution in [2.45, 2.75) is 105 Å². The molecule has 0 atom stereocenters. The van der Waals surface area contributed by atoms with Crippen LogP contribution in [-0.2, 0) is 21.7 Å². The largest absolute Gasteiger partial charge is 0.457 e. The van der Waals surface area contributed by atoms with E-state index in [1.54, 1.807) is 0 Å². The van der Waals surface area contributed by atoms with E-state index < -0.39 is 0 Å². The fourth-order valence-electron chi connectivity index (χ4n) is 7.95. The van der Waals surface area contributed by atoms with E-state index in [9.17, 15) is 0 Å². The van der Waals surface area contributed by atoms with Gasteiger partial charge in [0.2, 0.25) is 0 Å². The summed E-state index contributed by atoms with van der Waals surface area (Å²) in [6.45, 7) is 27.9. The third-order valence-corrected chi connectivity index (χ3v) is 11.5. The summed E-state index contributed by atoms with van der Waals surface area (Å²) in [5.74, 6) is 2.51. The van der Waals surface area contributed by atoms with Gasteiger partial charge in [0.25, 0.3) is 0 Å². The van der Waals surface area contributed by atoms with E-state index in [1.165, 1.54) is 50.1 Å². The fourth-order valence-corrected chi connectivity index (χ4v) is 7.95. The summed E-state index contributed by atoms with van der Waals surface area (Å²) in [5.41, 5.74) is 12.0. The summed E-state index contributed by atoms with van der Waals surface area (Å²) >= 11 is 0. The average molecular weight is 755 g/mol. The van der Waals surface area contributed by atoms with Crippen molar-refractivity contribution in [3.63, 3.8) is 0 Å². The Kier molecular flexibility index (Phi) is 9.11. The van der Waals surface area contributed by atoms with Gasteiger partial charge < -0.3 is 14.5 Å². The van der Waals surface area contributed by atoms with Gasteiger partial charge in [0, 0.05) is 40.5 Å². The van der Waals surface area contributed by atoms with Gasteiger partial charge in [-0.2, -0.15) is 0 Å². The molecule has 8 rings (SSSR count). The molecular weight excluding hydrogens is 697 g/mol. The van der Waals surface area contributed by atoms with Crippen molar-refractivity contribution in [1.29, 1.82) is 0 Å². The van der Waals surface area contributed by atoms with E-state index in [0.717, 1.165) is 34.0 Å². The third-order valence-electron chi connectivity index (χ3n) is 11.5. The van der Waals surface area contributed by atoms with Crippen LogP contribution in [0.25, 0.3) is 27.6 Å². The molecule has 5 aromatic carbocycles. The van der Waals surface area contributed by atoms with Gasteiger partial charge in [-0.25, -0.2) is 4.98 Å². The lowest BCUT2D eigenvalue weighted by Crippen LogP contribution is -2.25. The van der Waals surface area contributed by atoms with Gasteiger partial charge in [-0.15, -0.1) is 0 Å². The molecule has 0 N–H and O–H groups in total. The molecule has 2 aromatic heterocycles. The summed E-state index contributed by atoms with van der Waals surface area (Å²) in [7, 11) is 0. The Labute approximate surface area is 339 Å². The minimum atomic E-state index is -0.0982. The van der Waals surface area contributed by atoms with Crippen LogP contribution in [-0.4, -0.2) is 16.2 Å². The van der Waals surface area contributed by atoms with Crippen LogP contribution in [0.1, 0.15) is 105 Å². The molecule has 57 heavy (non-hydrogen) atoms. The Balaban J connectivity index is 1.24. The van der Waals surface area contributed by atoms with E-state index in [2.05, 4.69) is 213 Å². The zero-order valence-electron chi connectivity index (χ0n) is 36.0. The number of pyridine rings is 1.